The molecule has 3 rings (SSSR count). The van der Waals surface area contributed by atoms with E-state index in [9.17, 15) is 4.79 Å². The number of hydrogen-bond acceptors (Lipinski definition) is 5. The van der Waals surface area contributed by atoms with Gasteiger partial charge in [-0.25, -0.2) is 4.98 Å². The second-order valence-corrected chi connectivity index (χ2v) is 5.29. The highest BCUT2D eigenvalue weighted by molar-refractivity contribution is 5.96. The van der Waals surface area contributed by atoms with Gasteiger partial charge in [-0.15, -0.1) is 0 Å². The number of anilines is 1. The normalized spacial score (nSPS) is 18.0. The Balaban J connectivity index is 1.64. The van der Waals surface area contributed by atoms with Crippen LogP contribution in [-0.4, -0.2) is 35.2 Å². The molecule has 1 N–H and O–H groups in total. The smallest absolute Gasteiger partial charge is 0.257 e. The van der Waals surface area contributed by atoms with Crippen LogP contribution in [0, 0.1) is 13.8 Å². The largest absolute Gasteiger partial charge is 0.361 e. The van der Waals surface area contributed by atoms with Gasteiger partial charge in [0.15, 0.2) is 0 Å². The molecule has 1 unspecified atom stereocenters. The van der Waals surface area contributed by atoms with Gasteiger partial charge in [-0.3, -0.25) is 4.79 Å². The SMILES string of the molecule is Cc1noc(C)c1C(=O)NC1CCN(c2ccccn2)C1. The molecule has 1 atom stereocenters. The Morgan fingerprint density at radius 1 is 1.43 bits per heavy atom. The first-order valence-corrected chi connectivity index (χ1v) is 7.05. The van der Waals surface area contributed by atoms with E-state index in [1.165, 1.54) is 0 Å². The van der Waals surface area contributed by atoms with Crippen molar-refractivity contribution in [3.05, 3.63) is 41.4 Å². The van der Waals surface area contributed by atoms with E-state index in [0.717, 1.165) is 25.3 Å². The number of rotatable bonds is 3. The van der Waals surface area contributed by atoms with Gasteiger partial charge in [0.25, 0.3) is 5.91 Å². The number of aryl methyl sites for hydroxylation is 2. The van der Waals surface area contributed by atoms with Gasteiger partial charge in [-0.1, -0.05) is 11.2 Å². The molecule has 0 spiro atoms. The number of hydrogen-bond donors (Lipinski definition) is 1. The lowest BCUT2D eigenvalue weighted by molar-refractivity contribution is 0.0938. The average Bonchev–Trinajstić information content (AvgIpc) is 3.07. The van der Waals surface area contributed by atoms with Gasteiger partial charge in [0.05, 0.1) is 5.69 Å². The molecule has 0 bridgehead atoms. The Kier molecular flexibility index (Phi) is 3.60. The quantitative estimate of drug-likeness (QED) is 0.929. The number of pyridine rings is 1. The van der Waals surface area contributed by atoms with Gasteiger partial charge in [-0.05, 0) is 32.4 Å². The molecule has 1 fully saturated rings. The maximum atomic E-state index is 12.3. The van der Waals surface area contributed by atoms with Gasteiger partial charge in [-0.2, -0.15) is 0 Å². The van der Waals surface area contributed by atoms with E-state index in [1.807, 2.05) is 18.2 Å². The summed E-state index contributed by atoms with van der Waals surface area (Å²) in [5.74, 6) is 1.40. The van der Waals surface area contributed by atoms with Crippen LogP contribution in [0.15, 0.2) is 28.9 Å². The zero-order valence-corrected chi connectivity index (χ0v) is 12.2. The number of carbonyl (C=O) groups excluding carboxylic acids is 1. The summed E-state index contributed by atoms with van der Waals surface area (Å²) in [6, 6.07) is 5.97. The fourth-order valence-corrected chi connectivity index (χ4v) is 2.69. The van der Waals surface area contributed by atoms with Gasteiger partial charge in [0, 0.05) is 25.3 Å². The summed E-state index contributed by atoms with van der Waals surface area (Å²) >= 11 is 0. The monoisotopic (exact) mass is 286 g/mol. The molecule has 1 aliphatic heterocycles. The molecule has 0 radical (unpaired) electrons. The van der Waals surface area contributed by atoms with Crippen molar-refractivity contribution < 1.29 is 9.32 Å². The minimum atomic E-state index is -0.112. The third kappa shape index (κ3) is 2.74. The maximum Gasteiger partial charge on any atom is 0.257 e. The van der Waals surface area contributed by atoms with Crippen LogP contribution in [-0.2, 0) is 0 Å². The van der Waals surface area contributed by atoms with Crippen molar-refractivity contribution >= 4 is 11.7 Å². The average molecular weight is 286 g/mol. The Morgan fingerprint density at radius 3 is 2.95 bits per heavy atom. The van der Waals surface area contributed by atoms with Gasteiger partial charge in [0.2, 0.25) is 0 Å². The number of aromatic nitrogens is 2. The molecule has 1 amide bonds. The first kappa shape index (κ1) is 13.6. The highest BCUT2D eigenvalue weighted by Crippen LogP contribution is 2.18. The van der Waals surface area contributed by atoms with E-state index in [4.69, 9.17) is 4.52 Å². The summed E-state index contributed by atoms with van der Waals surface area (Å²) < 4.78 is 5.04. The minimum absolute atomic E-state index is 0.112. The van der Waals surface area contributed by atoms with Crippen LogP contribution in [0.5, 0.6) is 0 Å². The number of nitrogens with zero attached hydrogens (tertiary/aromatic N) is 3. The lowest BCUT2D eigenvalue weighted by Gasteiger charge is -2.17. The molecular formula is C15H18N4O2. The molecule has 21 heavy (non-hydrogen) atoms. The first-order chi connectivity index (χ1) is 10.1. The molecule has 6 nitrogen and oxygen atoms in total. The fraction of sp³-hybridized carbons (Fsp3) is 0.400. The van der Waals surface area contributed by atoms with Crippen LogP contribution in [0.25, 0.3) is 0 Å². The van der Waals surface area contributed by atoms with Crippen molar-refractivity contribution in [2.45, 2.75) is 26.3 Å². The summed E-state index contributed by atoms with van der Waals surface area (Å²) in [6.07, 6.45) is 2.69. The Morgan fingerprint density at radius 2 is 2.29 bits per heavy atom. The van der Waals surface area contributed by atoms with E-state index < -0.39 is 0 Å². The van der Waals surface area contributed by atoms with Gasteiger partial charge >= 0.3 is 0 Å². The minimum Gasteiger partial charge on any atom is -0.361 e. The Labute approximate surface area is 123 Å². The molecule has 0 aliphatic carbocycles. The summed E-state index contributed by atoms with van der Waals surface area (Å²) in [6.45, 7) is 5.19. The summed E-state index contributed by atoms with van der Waals surface area (Å²) in [5, 5.41) is 6.87. The molecule has 0 saturated carbocycles. The summed E-state index contributed by atoms with van der Waals surface area (Å²) in [5.41, 5.74) is 1.18. The van der Waals surface area contributed by atoms with Crippen LogP contribution in [0.2, 0.25) is 0 Å². The summed E-state index contributed by atoms with van der Waals surface area (Å²) in [4.78, 5) is 18.8. The van der Waals surface area contributed by atoms with Crippen LogP contribution < -0.4 is 10.2 Å². The molecular weight excluding hydrogens is 268 g/mol. The summed E-state index contributed by atoms with van der Waals surface area (Å²) in [7, 11) is 0. The van der Waals surface area contributed by atoms with E-state index >= 15 is 0 Å². The van der Waals surface area contributed by atoms with Crippen molar-refractivity contribution in [2.75, 3.05) is 18.0 Å². The lowest BCUT2D eigenvalue weighted by atomic mass is 10.1. The molecule has 0 aromatic carbocycles. The van der Waals surface area contributed by atoms with Crippen LogP contribution in [0.4, 0.5) is 5.82 Å². The number of carbonyl (C=O) groups is 1. The van der Waals surface area contributed by atoms with Crippen LogP contribution >= 0.6 is 0 Å². The zero-order chi connectivity index (χ0) is 14.8. The zero-order valence-electron chi connectivity index (χ0n) is 12.2. The van der Waals surface area contributed by atoms with Gasteiger partial charge < -0.3 is 14.7 Å². The van der Waals surface area contributed by atoms with E-state index in [-0.39, 0.29) is 11.9 Å². The Bertz CT molecular complexity index is 619. The maximum absolute atomic E-state index is 12.3. The standard InChI is InChI=1S/C15H18N4O2/c1-10-14(11(2)21-18-10)15(20)17-12-6-8-19(9-12)13-5-3-4-7-16-13/h3-5,7,12H,6,8-9H2,1-2H3,(H,17,20). The van der Waals surface area contributed by atoms with Gasteiger partial charge in [0.1, 0.15) is 17.1 Å². The van der Waals surface area contributed by atoms with E-state index in [2.05, 4.69) is 20.4 Å². The van der Waals surface area contributed by atoms with Crippen molar-refractivity contribution in [2.24, 2.45) is 0 Å². The highest BCUT2D eigenvalue weighted by atomic mass is 16.5. The predicted molar refractivity (Wildman–Crippen MR) is 78.3 cm³/mol. The number of nitrogens with one attached hydrogen (secondary N) is 1. The predicted octanol–water partition coefficient (Wildman–Crippen LogP) is 1.70. The van der Waals surface area contributed by atoms with E-state index in [0.29, 0.717) is 17.0 Å². The highest BCUT2D eigenvalue weighted by Gasteiger charge is 2.27. The van der Waals surface area contributed by atoms with Crippen molar-refractivity contribution in [1.29, 1.82) is 0 Å². The van der Waals surface area contributed by atoms with Crippen molar-refractivity contribution in [3.63, 3.8) is 0 Å². The third-order valence-corrected chi connectivity index (χ3v) is 3.76. The fourth-order valence-electron chi connectivity index (χ4n) is 2.69. The number of amides is 1. The molecule has 1 aliphatic rings. The molecule has 1 saturated heterocycles. The first-order valence-electron chi connectivity index (χ1n) is 7.05. The van der Waals surface area contributed by atoms with Crippen LogP contribution in [0.1, 0.15) is 28.2 Å². The second-order valence-electron chi connectivity index (χ2n) is 5.29. The Hall–Kier alpha value is -2.37. The molecule has 3 heterocycles. The molecule has 2 aromatic heterocycles. The molecule has 110 valence electrons. The third-order valence-electron chi connectivity index (χ3n) is 3.76. The van der Waals surface area contributed by atoms with Crippen molar-refractivity contribution in [1.82, 2.24) is 15.5 Å². The second kappa shape index (κ2) is 5.55. The molecule has 6 heteroatoms. The van der Waals surface area contributed by atoms with E-state index in [1.54, 1.807) is 20.0 Å². The lowest BCUT2D eigenvalue weighted by Crippen LogP contribution is -2.37. The topological polar surface area (TPSA) is 71.3 Å². The van der Waals surface area contributed by atoms with Crippen LogP contribution in [0.3, 0.4) is 0 Å². The van der Waals surface area contributed by atoms with Crippen molar-refractivity contribution in [3.8, 4) is 0 Å². The molecule has 2 aromatic rings.